The van der Waals surface area contributed by atoms with Gasteiger partial charge in [-0.25, -0.2) is 4.98 Å². The summed E-state index contributed by atoms with van der Waals surface area (Å²) in [5.74, 6) is 0.598. The van der Waals surface area contributed by atoms with Gasteiger partial charge in [-0.3, -0.25) is 4.79 Å². The van der Waals surface area contributed by atoms with Crippen LogP contribution in [0.1, 0.15) is 44.7 Å². The molecule has 0 aliphatic carbocycles. The van der Waals surface area contributed by atoms with Crippen LogP contribution in [-0.4, -0.2) is 27.4 Å². The number of hydrogen-bond acceptors (Lipinski definition) is 3. The Hall–Kier alpha value is -1.16. The molecule has 0 spiro atoms. The Morgan fingerprint density at radius 2 is 2.19 bits per heavy atom. The van der Waals surface area contributed by atoms with Crippen LogP contribution in [0, 0.1) is 0 Å². The summed E-state index contributed by atoms with van der Waals surface area (Å²) in [6.45, 7) is 9.47. The van der Waals surface area contributed by atoms with Crippen molar-refractivity contribution in [2.75, 3.05) is 6.54 Å². The van der Waals surface area contributed by atoms with Crippen LogP contribution in [0.3, 0.4) is 0 Å². The Labute approximate surface area is 97.1 Å². The average molecular weight is 223 g/mol. The number of hydrogen-bond donors (Lipinski definition) is 1. The van der Waals surface area contributed by atoms with Crippen LogP contribution >= 0.6 is 0 Å². The SMILES string of the molecule is CCCn1ccnc1C(=O)C(C)(C)NCC. The van der Waals surface area contributed by atoms with Crippen molar-refractivity contribution in [3.8, 4) is 0 Å². The predicted octanol–water partition coefficient (Wildman–Crippen LogP) is 1.86. The first-order chi connectivity index (χ1) is 7.53. The molecule has 4 heteroatoms. The van der Waals surface area contributed by atoms with Crippen molar-refractivity contribution in [1.82, 2.24) is 14.9 Å². The maximum absolute atomic E-state index is 12.3. The summed E-state index contributed by atoms with van der Waals surface area (Å²) in [6, 6.07) is 0. The third-order valence-electron chi connectivity index (χ3n) is 2.57. The Morgan fingerprint density at radius 3 is 2.75 bits per heavy atom. The van der Waals surface area contributed by atoms with Gasteiger partial charge in [-0.2, -0.15) is 0 Å². The van der Waals surface area contributed by atoms with Gasteiger partial charge >= 0.3 is 0 Å². The highest BCUT2D eigenvalue weighted by atomic mass is 16.1. The molecule has 0 amide bonds. The summed E-state index contributed by atoms with van der Waals surface area (Å²) in [6.07, 6.45) is 4.54. The molecule has 0 radical (unpaired) electrons. The van der Waals surface area contributed by atoms with Crippen LogP contribution < -0.4 is 5.32 Å². The Balaban J connectivity index is 2.91. The minimum Gasteiger partial charge on any atom is -0.328 e. The third kappa shape index (κ3) is 2.70. The smallest absolute Gasteiger partial charge is 0.217 e. The largest absolute Gasteiger partial charge is 0.328 e. The molecule has 0 saturated carbocycles. The molecule has 0 bridgehead atoms. The van der Waals surface area contributed by atoms with Gasteiger partial charge in [0, 0.05) is 18.9 Å². The first-order valence-corrected chi connectivity index (χ1v) is 5.84. The summed E-state index contributed by atoms with van der Waals surface area (Å²) in [7, 11) is 0. The van der Waals surface area contributed by atoms with Crippen molar-refractivity contribution in [3.63, 3.8) is 0 Å². The standard InChI is InChI=1S/C12H21N3O/c1-5-8-15-9-7-13-11(15)10(16)12(3,4)14-6-2/h7,9,14H,5-6,8H2,1-4H3. The van der Waals surface area contributed by atoms with Crippen molar-refractivity contribution in [2.45, 2.75) is 46.2 Å². The van der Waals surface area contributed by atoms with Crippen molar-refractivity contribution >= 4 is 5.78 Å². The molecule has 16 heavy (non-hydrogen) atoms. The number of carbonyl (C=O) groups is 1. The number of nitrogens with zero attached hydrogens (tertiary/aromatic N) is 2. The second kappa shape index (κ2) is 5.25. The van der Waals surface area contributed by atoms with E-state index < -0.39 is 5.54 Å². The van der Waals surface area contributed by atoms with E-state index in [0.29, 0.717) is 5.82 Å². The van der Waals surface area contributed by atoms with Crippen LogP contribution in [0.5, 0.6) is 0 Å². The van der Waals surface area contributed by atoms with Gasteiger partial charge in [0.25, 0.3) is 0 Å². The summed E-state index contributed by atoms with van der Waals surface area (Å²) in [5.41, 5.74) is -0.550. The number of aryl methyl sites for hydroxylation is 1. The monoisotopic (exact) mass is 223 g/mol. The lowest BCUT2D eigenvalue weighted by molar-refractivity contribution is 0.0868. The molecule has 0 aliphatic heterocycles. The molecular formula is C12H21N3O. The van der Waals surface area contributed by atoms with Crippen LogP contribution in [-0.2, 0) is 6.54 Å². The van der Waals surface area contributed by atoms with Gasteiger partial charge < -0.3 is 9.88 Å². The number of imidazole rings is 1. The van der Waals surface area contributed by atoms with Gasteiger partial charge in [0.15, 0.2) is 5.82 Å². The third-order valence-corrected chi connectivity index (χ3v) is 2.57. The summed E-state index contributed by atoms with van der Waals surface area (Å²) >= 11 is 0. The van der Waals surface area contributed by atoms with Crippen molar-refractivity contribution < 1.29 is 4.79 Å². The molecule has 1 N–H and O–H groups in total. The number of ketones is 1. The maximum Gasteiger partial charge on any atom is 0.217 e. The predicted molar refractivity (Wildman–Crippen MR) is 64.6 cm³/mol. The number of likely N-dealkylation sites (N-methyl/N-ethyl adjacent to an activating group) is 1. The number of rotatable bonds is 6. The fraction of sp³-hybridized carbons (Fsp3) is 0.667. The molecule has 0 aliphatic rings. The molecule has 0 saturated heterocycles. The lowest BCUT2D eigenvalue weighted by atomic mass is 9.98. The van der Waals surface area contributed by atoms with Crippen LogP contribution in [0.2, 0.25) is 0 Å². The van der Waals surface area contributed by atoms with Gasteiger partial charge in [-0.05, 0) is 26.8 Å². The van der Waals surface area contributed by atoms with Gasteiger partial charge in [-0.15, -0.1) is 0 Å². The molecule has 0 aromatic carbocycles. The topological polar surface area (TPSA) is 46.9 Å². The fourth-order valence-corrected chi connectivity index (χ4v) is 1.74. The lowest BCUT2D eigenvalue weighted by Crippen LogP contribution is -2.47. The highest BCUT2D eigenvalue weighted by molar-refractivity contribution is 5.99. The number of Topliss-reactive ketones (excluding diaryl/α,β-unsaturated/α-hetero) is 1. The molecule has 1 heterocycles. The second-order valence-corrected chi connectivity index (χ2v) is 4.43. The van der Waals surface area contributed by atoms with Crippen LogP contribution in [0.25, 0.3) is 0 Å². The molecule has 1 aromatic rings. The quantitative estimate of drug-likeness (QED) is 0.749. The number of aromatic nitrogens is 2. The first-order valence-electron chi connectivity index (χ1n) is 5.84. The molecule has 1 rings (SSSR count). The highest BCUT2D eigenvalue weighted by Crippen LogP contribution is 2.12. The van der Waals surface area contributed by atoms with Gasteiger partial charge in [0.2, 0.25) is 5.78 Å². The van der Waals surface area contributed by atoms with E-state index in [9.17, 15) is 4.79 Å². The van der Waals surface area contributed by atoms with Crippen molar-refractivity contribution in [3.05, 3.63) is 18.2 Å². The average Bonchev–Trinajstić information content (AvgIpc) is 2.65. The highest BCUT2D eigenvalue weighted by Gasteiger charge is 2.30. The summed E-state index contributed by atoms with van der Waals surface area (Å²) in [4.78, 5) is 16.4. The number of nitrogens with one attached hydrogen (secondary N) is 1. The first kappa shape index (κ1) is 12.9. The van der Waals surface area contributed by atoms with Crippen LogP contribution in [0.4, 0.5) is 0 Å². The van der Waals surface area contributed by atoms with E-state index in [1.807, 2.05) is 31.5 Å². The Morgan fingerprint density at radius 1 is 1.50 bits per heavy atom. The Bertz CT molecular complexity index is 355. The van der Waals surface area contributed by atoms with E-state index in [2.05, 4.69) is 17.2 Å². The van der Waals surface area contributed by atoms with E-state index in [-0.39, 0.29) is 5.78 Å². The van der Waals surface area contributed by atoms with Gasteiger partial charge in [-0.1, -0.05) is 13.8 Å². The Kier molecular flexibility index (Phi) is 4.24. The van der Waals surface area contributed by atoms with E-state index in [1.54, 1.807) is 6.20 Å². The normalized spacial score (nSPS) is 11.8. The van der Waals surface area contributed by atoms with E-state index in [0.717, 1.165) is 19.5 Å². The van der Waals surface area contributed by atoms with Gasteiger partial charge in [0.05, 0.1) is 5.54 Å². The molecule has 90 valence electrons. The summed E-state index contributed by atoms with van der Waals surface area (Å²) in [5, 5.41) is 3.18. The lowest BCUT2D eigenvalue weighted by Gasteiger charge is -2.23. The molecule has 0 unspecified atom stereocenters. The molecule has 0 atom stereocenters. The molecule has 0 fully saturated rings. The second-order valence-electron chi connectivity index (χ2n) is 4.43. The summed E-state index contributed by atoms with van der Waals surface area (Å²) < 4.78 is 1.92. The maximum atomic E-state index is 12.3. The number of carbonyl (C=O) groups excluding carboxylic acids is 1. The molecule has 4 nitrogen and oxygen atoms in total. The van der Waals surface area contributed by atoms with Crippen molar-refractivity contribution in [2.24, 2.45) is 0 Å². The van der Waals surface area contributed by atoms with E-state index in [1.165, 1.54) is 0 Å². The molecular weight excluding hydrogens is 202 g/mol. The van der Waals surface area contributed by atoms with Gasteiger partial charge in [0.1, 0.15) is 0 Å². The van der Waals surface area contributed by atoms with Crippen LogP contribution in [0.15, 0.2) is 12.4 Å². The van der Waals surface area contributed by atoms with E-state index in [4.69, 9.17) is 0 Å². The van der Waals surface area contributed by atoms with E-state index >= 15 is 0 Å². The zero-order chi connectivity index (χ0) is 12.2. The minimum absolute atomic E-state index is 0.0489. The minimum atomic E-state index is -0.550. The molecule has 1 aromatic heterocycles. The fourth-order valence-electron chi connectivity index (χ4n) is 1.74. The zero-order valence-corrected chi connectivity index (χ0v) is 10.6. The van der Waals surface area contributed by atoms with Crippen molar-refractivity contribution in [1.29, 1.82) is 0 Å². The zero-order valence-electron chi connectivity index (χ0n) is 10.6.